The Hall–Kier alpha value is -8.29. The first-order chi connectivity index (χ1) is 38.6. The van der Waals surface area contributed by atoms with Crippen LogP contribution in [-0.4, -0.2) is 59.3 Å². The Kier molecular flexibility index (Phi) is 18.5. The van der Waals surface area contributed by atoms with E-state index in [1.807, 2.05) is 237 Å². The van der Waals surface area contributed by atoms with Gasteiger partial charge in [-0.05, 0) is 50.1 Å². The summed E-state index contributed by atoms with van der Waals surface area (Å²) in [7, 11) is 0. The standard InChI is InChI=1S/C67H60N4O5S3/c68-61(72)58(46-77-65(49-28-10-1-11-29-49,50-30-12-2-13-31-50)51-32-14-3-15-33-51)70-62(73)59(47-78-66(52-34-16-4-17-35-52,53-36-18-5-19-37-53)54-38-20-6-21-39-54)71-63(74)60(76-64(69)75)48-79-67(55-40-22-7-23-41-55,56-42-24-8-25-43-56)57-44-26-9-27-45-57/h1-45,58-60H,46-48H2,(H2,68,72)(H2,69,75)(H,70,73)(H,71,74)/t58-,59-,60-/m0/s1. The Bertz CT molecular complexity index is 3080. The van der Waals surface area contributed by atoms with E-state index in [0.29, 0.717) is 0 Å². The number of nitrogens with two attached hydrogens (primary N) is 2. The lowest BCUT2D eigenvalue weighted by Gasteiger charge is -2.37. The summed E-state index contributed by atoms with van der Waals surface area (Å²) in [4.78, 5) is 57.6. The smallest absolute Gasteiger partial charge is 0.405 e. The van der Waals surface area contributed by atoms with Crippen molar-refractivity contribution < 1.29 is 23.9 Å². The van der Waals surface area contributed by atoms with Crippen molar-refractivity contribution in [2.24, 2.45) is 11.5 Å². The van der Waals surface area contributed by atoms with Gasteiger partial charge in [-0.25, -0.2) is 4.79 Å². The molecule has 6 N–H and O–H groups in total. The predicted octanol–water partition coefficient (Wildman–Crippen LogP) is 12.1. The predicted molar refractivity (Wildman–Crippen MR) is 323 cm³/mol. The molecule has 0 fully saturated rings. The van der Waals surface area contributed by atoms with E-state index in [-0.39, 0.29) is 17.3 Å². The zero-order valence-electron chi connectivity index (χ0n) is 43.3. The molecule has 9 rings (SSSR count). The molecule has 0 saturated carbocycles. The fourth-order valence-corrected chi connectivity index (χ4v) is 14.8. The highest BCUT2D eigenvalue weighted by Crippen LogP contribution is 2.51. The van der Waals surface area contributed by atoms with Gasteiger partial charge in [0.05, 0.1) is 14.2 Å². The molecule has 0 aliphatic rings. The number of nitrogens with one attached hydrogen (secondary N) is 2. The van der Waals surface area contributed by atoms with E-state index in [4.69, 9.17) is 16.2 Å². The number of rotatable bonds is 24. The number of benzene rings is 9. The molecule has 9 aromatic rings. The number of hydrogen-bond donors (Lipinski definition) is 4. The molecule has 4 amide bonds. The van der Waals surface area contributed by atoms with Crippen molar-refractivity contribution in [2.45, 2.75) is 32.4 Å². The lowest BCUT2D eigenvalue weighted by atomic mass is 9.84. The van der Waals surface area contributed by atoms with Gasteiger partial charge in [0.25, 0.3) is 5.91 Å². The highest BCUT2D eigenvalue weighted by Gasteiger charge is 2.43. The summed E-state index contributed by atoms with van der Waals surface area (Å²) in [6.07, 6.45) is -2.66. The maximum atomic E-state index is 15.5. The van der Waals surface area contributed by atoms with Crippen molar-refractivity contribution in [3.05, 3.63) is 323 Å². The van der Waals surface area contributed by atoms with Gasteiger partial charge in [-0.1, -0.05) is 273 Å². The number of carbonyl (C=O) groups excluding carboxylic acids is 4. The average Bonchev–Trinajstić information content (AvgIpc) is 3.63. The molecule has 3 atom stereocenters. The molecule has 0 aliphatic heterocycles. The first kappa shape index (κ1) is 55.5. The fourth-order valence-electron chi connectivity index (χ4n) is 10.1. The topological polar surface area (TPSA) is 154 Å². The number of ether oxygens (including phenoxy) is 1. The van der Waals surface area contributed by atoms with Gasteiger partial charge >= 0.3 is 6.09 Å². The van der Waals surface area contributed by atoms with Gasteiger partial charge < -0.3 is 26.8 Å². The van der Waals surface area contributed by atoms with Crippen LogP contribution in [0.1, 0.15) is 50.1 Å². The first-order valence-corrected chi connectivity index (χ1v) is 28.9. The van der Waals surface area contributed by atoms with Gasteiger partial charge in [0, 0.05) is 17.3 Å². The lowest BCUT2D eigenvalue weighted by Crippen LogP contribution is -2.57. The molecule has 12 heteroatoms. The van der Waals surface area contributed by atoms with Crippen LogP contribution >= 0.6 is 35.3 Å². The summed E-state index contributed by atoms with van der Waals surface area (Å²) in [6, 6.07) is 87.3. The number of hydrogen-bond acceptors (Lipinski definition) is 8. The molecule has 0 spiro atoms. The SMILES string of the molecule is NC(=O)O[C@@H](CSC(c1ccccc1)(c1ccccc1)c1ccccc1)C(=O)N[C@@H](CSC(c1ccccc1)(c1ccccc1)c1ccccc1)C(=O)N[C@@H](CSC(c1ccccc1)(c1ccccc1)c1ccccc1)C(N)=O. The van der Waals surface area contributed by atoms with Crippen LogP contribution in [0.4, 0.5) is 4.79 Å². The second kappa shape index (κ2) is 26.4. The second-order valence-corrected chi connectivity index (χ2v) is 22.4. The summed E-state index contributed by atoms with van der Waals surface area (Å²) < 4.78 is 3.08. The maximum Gasteiger partial charge on any atom is 0.405 e. The number of carbonyl (C=O) groups is 4. The van der Waals surface area contributed by atoms with Crippen molar-refractivity contribution in [3.8, 4) is 0 Å². The van der Waals surface area contributed by atoms with Gasteiger partial charge in [0.15, 0.2) is 6.10 Å². The zero-order valence-corrected chi connectivity index (χ0v) is 45.7. The van der Waals surface area contributed by atoms with Crippen LogP contribution in [0, 0.1) is 0 Å². The molecule has 0 heterocycles. The first-order valence-electron chi connectivity index (χ1n) is 25.9. The van der Waals surface area contributed by atoms with Gasteiger partial charge in [0.1, 0.15) is 12.1 Å². The molecule has 396 valence electrons. The zero-order chi connectivity index (χ0) is 54.9. The fraction of sp³-hybridized carbons (Fsp3) is 0.134. The van der Waals surface area contributed by atoms with Crippen LogP contribution in [-0.2, 0) is 33.4 Å². The van der Waals surface area contributed by atoms with E-state index in [1.54, 1.807) is 0 Å². The van der Waals surface area contributed by atoms with Crippen LogP contribution in [0.3, 0.4) is 0 Å². The summed E-state index contributed by atoms with van der Waals surface area (Å²) >= 11 is 4.33. The van der Waals surface area contributed by atoms with Crippen LogP contribution in [0.15, 0.2) is 273 Å². The van der Waals surface area contributed by atoms with E-state index >= 15 is 9.59 Å². The average molecular weight is 1100 g/mol. The second-order valence-electron chi connectivity index (χ2n) is 18.7. The number of amides is 4. The normalized spacial score (nSPS) is 12.8. The molecular weight excluding hydrogens is 1040 g/mol. The molecular formula is C67H60N4O5S3. The monoisotopic (exact) mass is 1100 g/mol. The Morgan fingerprint density at radius 1 is 0.329 bits per heavy atom. The van der Waals surface area contributed by atoms with Crippen LogP contribution in [0.25, 0.3) is 0 Å². The third-order valence-electron chi connectivity index (χ3n) is 13.9. The summed E-state index contributed by atoms with van der Waals surface area (Å²) in [5, 5.41) is 6.03. The van der Waals surface area contributed by atoms with Crippen molar-refractivity contribution in [3.63, 3.8) is 0 Å². The molecule has 0 aromatic heterocycles. The van der Waals surface area contributed by atoms with Gasteiger partial charge in [-0.3, -0.25) is 14.4 Å². The lowest BCUT2D eigenvalue weighted by molar-refractivity contribution is -0.133. The van der Waals surface area contributed by atoms with Crippen LogP contribution in [0.5, 0.6) is 0 Å². The van der Waals surface area contributed by atoms with E-state index in [0.717, 1.165) is 50.1 Å². The number of primary amides is 2. The molecule has 0 radical (unpaired) electrons. The largest absolute Gasteiger partial charge is 0.435 e. The Morgan fingerprint density at radius 3 is 0.772 bits per heavy atom. The minimum Gasteiger partial charge on any atom is -0.435 e. The third-order valence-corrected chi connectivity index (χ3v) is 18.7. The molecule has 9 aromatic carbocycles. The Morgan fingerprint density at radius 2 is 0.544 bits per heavy atom. The minimum absolute atomic E-state index is 0.0325. The molecule has 9 nitrogen and oxygen atoms in total. The highest BCUT2D eigenvalue weighted by molar-refractivity contribution is 8.01. The summed E-state index contributed by atoms with van der Waals surface area (Å²) in [6.45, 7) is 0. The molecule has 0 saturated heterocycles. The molecule has 0 unspecified atom stereocenters. The minimum atomic E-state index is -1.49. The third kappa shape index (κ3) is 12.5. The highest BCUT2D eigenvalue weighted by atomic mass is 32.2. The molecule has 79 heavy (non-hydrogen) atoms. The van der Waals surface area contributed by atoms with E-state index in [1.165, 1.54) is 35.3 Å². The van der Waals surface area contributed by atoms with E-state index in [2.05, 4.69) is 47.0 Å². The van der Waals surface area contributed by atoms with E-state index in [9.17, 15) is 9.59 Å². The maximum absolute atomic E-state index is 15.5. The molecule has 0 bridgehead atoms. The number of thioether (sulfide) groups is 3. The van der Waals surface area contributed by atoms with Crippen LogP contribution < -0.4 is 22.1 Å². The molecule has 0 aliphatic carbocycles. The van der Waals surface area contributed by atoms with Crippen molar-refractivity contribution in [1.82, 2.24) is 10.6 Å². The van der Waals surface area contributed by atoms with Crippen molar-refractivity contribution >= 4 is 59.1 Å². The van der Waals surface area contributed by atoms with Gasteiger partial charge in [0.2, 0.25) is 11.8 Å². The van der Waals surface area contributed by atoms with Crippen molar-refractivity contribution in [2.75, 3.05) is 17.3 Å². The quantitative estimate of drug-likeness (QED) is 0.0436. The summed E-state index contributed by atoms with van der Waals surface area (Å²) in [5.41, 5.74) is 20.6. The van der Waals surface area contributed by atoms with E-state index < -0.39 is 56.2 Å². The van der Waals surface area contributed by atoms with Crippen LogP contribution in [0.2, 0.25) is 0 Å². The Labute approximate surface area is 475 Å². The Balaban J connectivity index is 1.10. The van der Waals surface area contributed by atoms with Gasteiger partial charge in [-0.15, -0.1) is 35.3 Å². The van der Waals surface area contributed by atoms with Crippen molar-refractivity contribution in [1.29, 1.82) is 0 Å². The van der Waals surface area contributed by atoms with Gasteiger partial charge in [-0.2, -0.15) is 0 Å². The summed E-state index contributed by atoms with van der Waals surface area (Å²) in [5.74, 6) is -2.27.